The third-order valence-electron chi connectivity index (χ3n) is 5.19. The first-order chi connectivity index (χ1) is 11.7. The second-order valence-electron chi connectivity index (χ2n) is 6.80. The Morgan fingerprint density at radius 2 is 2.04 bits per heavy atom. The average Bonchev–Trinajstić information content (AvgIpc) is 3.03. The molecule has 1 saturated heterocycles. The maximum Gasteiger partial charge on any atom is 0.194 e. The molecule has 24 heavy (non-hydrogen) atoms. The van der Waals surface area contributed by atoms with Gasteiger partial charge in [0.15, 0.2) is 5.96 Å². The molecule has 5 heteroatoms. The summed E-state index contributed by atoms with van der Waals surface area (Å²) in [6.45, 7) is 5.28. The van der Waals surface area contributed by atoms with E-state index in [2.05, 4.69) is 22.1 Å². The summed E-state index contributed by atoms with van der Waals surface area (Å²) < 4.78 is 14.0. The second kappa shape index (κ2) is 7.65. The van der Waals surface area contributed by atoms with E-state index in [1.54, 1.807) is 12.1 Å². The van der Waals surface area contributed by atoms with E-state index in [9.17, 15) is 4.39 Å². The van der Waals surface area contributed by atoms with Crippen molar-refractivity contribution < 1.29 is 4.39 Å². The fourth-order valence-corrected chi connectivity index (χ4v) is 3.91. The normalized spacial score (nSPS) is 23.7. The Bertz CT molecular complexity index is 635. The fraction of sp³-hybridized carbons (Fsp3) is 0.579. The van der Waals surface area contributed by atoms with E-state index < -0.39 is 0 Å². The van der Waals surface area contributed by atoms with Gasteiger partial charge in [-0.2, -0.15) is 5.26 Å². The van der Waals surface area contributed by atoms with E-state index in [1.165, 1.54) is 31.7 Å². The molecule has 0 amide bonds. The van der Waals surface area contributed by atoms with Crippen molar-refractivity contribution in [2.45, 2.75) is 39.2 Å². The van der Waals surface area contributed by atoms with Crippen LogP contribution in [0.5, 0.6) is 0 Å². The molecule has 0 spiro atoms. The topological polar surface area (TPSA) is 51.4 Å². The zero-order chi connectivity index (χ0) is 16.9. The minimum Gasteiger partial charge on any atom is -0.357 e. The summed E-state index contributed by atoms with van der Waals surface area (Å²) in [6.07, 6.45) is 5.34. The van der Waals surface area contributed by atoms with Crippen LogP contribution in [-0.4, -0.2) is 30.5 Å². The number of benzene rings is 1. The summed E-state index contributed by atoms with van der Waals surface area (Å²) in [5, 5.41) is 12.2. The first-order valence-electron chi connectivity index (χ1n) is 8.93. The summed E-state index contributed by atoms with van der Waals surface area (Å²) in [6, 6.07) is 6.54. The van der Waals surface area contributed by atoms with Gasteiger partial charge in [-0.3, -0.25) is 0 Å². The Balaban J connectivity index is 1.71. The molecule has 128 valence electrons. The Kier molecular flexibility index (Phi) is 5.34. The summed E-state index contributed by atoms with van der Waals surface area (Å²) in [4.78, 5) is 6.99. The maximum absolute atomic E-state index is 14.0. The molecular formula is C19H25FN4. The number of nitriles is 1. The SMILES string of the molecule is CCNC(=NCc1ccc(C#N)cc1F)N1CC2CCCCC2C1. The van der Waals surface area contributed by atoms with Crippen LogP contribution in [0.2, 0.25) is 0 Å². The number of halogens is 1. The predicted molar refractivity (Wildman–Crippen MR) is 93.0 cm³/mol. The van der Waals surface area contributed by atoms with Gasteiger partial charge in [0.25, 0.3) is 0 Å². The van der Waals surface area contributed by atoms with Gasteiger partial charge in [0.2, 0.25) is 0 Å². The molecule has 1 saturated carbocycles. The van der Waals surface area contributed by atoms with Crippen LogP contribution in [0.25, 0.3) is 0 Å². The Morgan fingerprint density at radius 3 is 2.62 bits per heavy atom. The van der Waals surface area contributed by atoms with Gasteiger partial charge >= 0.3 is 0 Å². The number of aliphatic imine (C=N–C) groups is 1. The van der Waals surface area contributed by atoms with Crippen molar-refractivity contribution in [2.24, 2.45) is 16.8 Å². The van der Waals surface area contributed by atoms with Crippen molar-refractivity contribution in [3.63, 3.8) is 0 Å². The van der Waals surface area contributed by atoms with Crippen molar-refractivity contribution in [3.05, 3.63) is 35.1 Å². The van der Waals surface area contributed by atoms with E-state index in [0.717, 1.165) is 37.4 Å². The number of rotatable bonds is 3. The Hall–Kier alpha value is -2.09. The molecule has 2 atom stereocenters. The molecule has 0 bridgehead atoms. The summed E-state index contributed by atoms with van der Waals surface area (Å²) in [7, 11) is 0. The molecule has 2 fully saturated rings. The molecule has 4 nitrogen and oxygen atoms in total. The van der Waals surface area contributed by atoms with E-state index in [1.807, 2.05) is 6.07 Å². The van der Waals surface area contributed by atoms with Crippen LogP contribution < -0.4 is 5.32 Å². The van der Waals surface area contributed by atoms with Crippen LogP contribution in [0.4, 0.5) is 4.39 Å². The molecule has 0 radical (unpaired) electrons. The molecule has 1 heterocycles. The van der Waals surface area contributed by atoms with Crippen LogP contribution in [0.15, 0.2) is 23.2 Å². The zero-order valence-electron chi connectivity index (χ0n) is 14.3. The second-order valence-corrected chi connectivity index (χ2v) is 6.80. The van der Waals surface area contributed by atoms with Crippen molar-refractivity contribution in [1.29, 1.82) is 5.26 Å². The lowest BCUT2D eigenvalue weighted by Crippen LogP contribution is -2.40. The number of nitrogens with one attached hydrogen (secondary N) is 1. The zero-order valence-corrected chi connectivity index (χ0v) is 14.3. The predicted octanol–water partition coefficient (Wildman–Crippen LogP) is 3.28. The Labute approximate surface area is 143 Å². The van der Waals surface area contributed by atoms with Gasteiger partial charge in [-0.05, 0) is 43.7 Å². The highest BCUT2D eigenvalue weighted by Gasteiger charge is 2.35. The van der Waals surface area contributed by atoms with Gasteiger partial charge in [0, 0.05) is 25.2 Å². The smallest absolute Gasteiger partial charge is 0.194 e. The van der Waals surface area contributed by atoms with Gasteiger partial charge < -0.3 is 10.2 Å². The number of guanidine groups is 1. The molecule has 2 unspecified atom stereocenters. The highest BCUT2D eigenvalue weighted by molar-refractivity contribution is 5.80. The number of hydrogen-bond acceptors (Lipinski definition) is 2. The van der Waals surface area contributed by atoms with Crippen molar-refractivity contribution >= 4 is 5.96 Å². The first-order valence-corrected chi connectivity index (χ1v) is 8.93. The lowest BCUT2D eigenvalue weighted by molar-refractivity contribution is 0.299. The van der Waals surface area contributed by atoms with Gasteiger partial charge in [0.05, 0.1) is 18.2 Å². The molecular weight excluding hydrogens is 303 g/mol. The van der Waals surface area contributed by atoms with Crippen LogP contribution in [0.3, 0.4) is 0 Å². The molecule has 1 aromatic carbocycles. The van der Waals surface area contributed by atoms with Crippen molar-refractivity contribution in [1.82, 2.24) is 10.2 Å². The molecule has 1 aromatic rings. The number of nitrogens with zero attached hydrogens (tertiary/aromatic N) is 3. The quantitative estimate of drug-likeness (QED) is 0.684. The average molecular weight is 328 g/mol. The molecule has 1 aliphatic heterocycles. The lowest BCUT2D eigenvalue weighted by Gasteiger charge is -2.22. The lowest BCUT2D eigenvalue weighted by atomic mass is 9.82. The van der Waals surface area contributed by atoms with Crippen LogP contribution in [0, 0.1) is 29.0 Å². The van der Waals surface area contributed by atoms with Crippen LogP contribution in [0.1, 0.15) is 43.7 Å². The van der Waals surface area contributed by atoms with Gasteiger partial charge in [-0.15, -0.1) is 0 Å². The number of fused-ring (bicyclic) bond motifs is 1. The van der Waals surface area contributed by atoms with Crippen LogP contribution in [-0.2, 0) is 6.54 Å². The minimum absolute atomic E-state index is 0.297. The highest BCUT2D eigenvalue weighted by atomic mass is 19.1. The minimum atomic E-state index is -0.358. The van der Waals surface area contributed by atoms with E-state index in [4.69, 9.17) is 5.26 Å². The van der Waals surface area contributed by atoms with E-state index in [-0.39, 0.29) is 5.82 Å². The molecule has 2 aliphatic rings. The molecule has 3 rings (SSSR count). The standard InChI is InChI=1S/C19H25FN4/c1-2-22-19(24-12-16-5-3-4-6-17(16)13-24)23-11-15-8-7-14(10-21)9-18(15)20/h7-9,16-17H,2-6,11-13H2,1H3,(H,22,23). The van der Waals surface area contributed by atoms with Gasteiger partial charge in [-0.1, -0.05) is 18.9 Å². The third-order valence-corrected chi connectivity index (χ3v) is 5.19. The monoisotopic (exact) mass is 328 g/mol. The molecule has 1 aliphatic carbocycles. The molecule has 1 N–H and O–H groups in total. The van der Waals surface area contributed by atoms with Gasteiger partial charge in [0.1, 0.15) is 5.82 Å². The Morgan fingerprint density at radius 1 is 1.33 bits per heavy atom. The van der Waals surface area contributed by atoms with E-state index in [0.29, 0.717) is 17.7 Å². The number of likely N-dealkylation sites (tertiary alicyclic amines) is 1. The van der Waals surface area contributed by atoms with E-state index >= 15 is 0 Å². The summed E-state index contributed by atoms with van der Waals surface area (Å²) >= 11 is 0. The summed E-state index contributed by atoms with van der Waals surface area (Å²) in [5.74, 6) is 2.10. The van der Waals surface area contributed by atoms with Crippen molar-refractivity contribution in [2.75, 3.05) is 19.6 Å². The van der Waals surface area contributed by atoms with Crippen molar-refractivity contribution in [3.8, 4) is 6.07 Å². The molecule has 0 aromatic heterocycles. The van der Waals surface area contributed by atoms with Crippen LogP contribution >= 0.6 is 0 Å². The largest absolute Gasteiger partial charge is 0.357 e. The first kappa shape index (κ1) is 16.8. The third kappa shape index (κ3) is 3.69. The highest BCUT2D eigenvalue weighted by Crippen LogP contribution is 2.36. The fourth-order valence-electron chi connectivity index (χ4n) is 3.91. The maximum atomic E-state index is 14.0. The number of hydrogen-bond donors (Lipinski definition) is 1. The van der Waals surface area contributed by atoms with Gasteiger partial charge in [-0.25, -0.2) is 9.38 Å². The summed E-state index contributed by atoms with van der Waals surface area (Å²) in [5.41, 5.74) is 0.872.